The number of nitrogens with one attached hydrogen (secondary N) is 3. The molecule has 3 N–H and O–H groups in total. The van der Waals surface area contributed by atoms with Crippen LogP contribution in [0.15, 0.2) is 24.4 Å². The number of hydrogen-bond donors (Lipinski definition) is 3. The highest BCUT2D eigenvalue weighted by Crippen LogP contribution is 2.27. The van der Waals surface area contributed by atoms with Crippen molar-refractivity contribution in [2.24, 2.45) is 0 Å². The van der Waals surface area contributed by atoms with E-state index < -0.39 is 0 Å². The number of ether oxygens (including phenoxy) is 2. The zero-order chi connectivity index (χ0) is 21.6. The second-order valence-electron chi connectivity index (χ2n) is 8.63. The first-order valence-corrected chi connectivity index (χ1v) is 11.7. The van der Waals surface area contributed by atoms with E-state index in [1.165, 1.54) is 0 Å². The van der Waals surface area contributed by atoms with Crippen LogP contribution in [0.1, 0.15) is 38.5 Å². The van der Waals surface area contributed by atoms with E-state index in [9.17, 15) is 4.79 Å². The predicted molar refractivity (Wildman–Crippen MR) is 124 cm³/mol. The molecule has 0 radical (unpaired) electrons. The highest BCUT2D eigenvalue weighted by molar-refractivity contribution is 6.31. The Morgan fingerprint density at radius 1 is 1.16 bits per heavy atom. The SMILES string of the molecule is COCCN1CCC(OC2CCC(NC(=O)Nc3c[nH]c4ccc(Cl)cc34)CC2)CC1. The largest absolute Gasteiger partial charge is 0.383 e. The van der Waals surface area contributed by atoms with Gasteiger partial charge in [0.15, 0.2) is 0 Å². The Hall–Kier alpha value is -1.80. The molecule has 1 aromatic carbocycles. The molecule has 0 bridgehead atoms. The zero-order valence-corrected chi connectivity index (χ0v) is 18.9. The van der Waals surface area contributed by atoms with Crippen LogP contribution in [0.3, 0.4) is 0 Å². The van der Waals surface area contributed by atoms with Crippen molar-refractivity contribution in [1.82, 2.24) is 15.2 Å². The second kappa shape index (κ2) is 10.7. The quantitative estimate of drug-likeness (QED) is 0.587. The predicted octanol–water partition coefficient (Wildman–Crippen LogP) is 4.38. The van der Waals surface area contributed by atoms with Crippen molar-refractivity contribution in [2.75, 3.05) is 38.7 Å². The van der Waals surface area contributed by atoms with Crippen LogP contribution in [0.25, 0.3) is 10.9 Å². The lowest BCUT2D eigenvalue weighted by Crippen LogP contribution is -2.43. The normalized spacial score (nSPS) is 23.2. The van der Waals surface area contributed by atoms with Gasteiger partial charge >= 0.3 is 6.03 Å². The van der Waals surface area contributed by atoms with E-state index in [1.54, 1.807) is 13.3 Å². The van der Waals surface area contributed by atoms with Crippen LogP contribution in [-0.2, 0) is 9.47 Å². The molecule has 0 atom stereocenters. The fourth-order valence-corrected chi connectivity index (χ4v) is 4.82. The Morgan fingerprint density at radius 2 is 1.90 bits per heavy atom. The van der Waals surface area contributed by atoms with Crippen LogP contribution in [-0.4, -0.2) is 67.5 Å². The van der Waals surface area contributed by atoms with Crippen molar-refractivity contribution in [3.63, 3.8) is 0 Å². The molecule has 170 valence electrons. The molecule has 2 aromatic rings. The minimum Gasteiger partial charge on any atom is -0.383 e. The fraction of sp³-hybridized carbons (Fsp3) is 0.609. The number of anilines is 1. The average Bonchev–Trinajstić information content (AvgIpc) is 3.16. The number of benzene rings is 1. The van der Waals surface area contributed by atoms with Gasteiger partial charge in [0.2, 0.25) is 0 Å². The lowest BCUT2D eigenvalue weighted by Gasteiger charge is -2.36. The topological polar surface area (TPSA) is 78.6 Å². The van der Waals surface area contributed by atoms with E-state index in [-0.39, 0.29) is 12.1 Å². The molecule has 1 saturated carbocycles. The number of carbonyl (C=O) groups is 1. The van der Waals surface area contributed by atoms with E-state index in [4.69, 9.17) is 21.1 Å². The monoisotopic (exact) mass is 448 g/mol. The summed E-state index contributed by atoms with van der Waals surface area (Å²) in [5, 5.41) is 7.62. The third-order valence-corrected chi connectivity index (χ3v) is 6.67. The summed E-state index contributed by atoms with van der Waals surface area (Å²) in [6.45, 7) is 3.98. The molecule has 1 saturated heterocycles. The number of nitrogens with zero attached hydrogens (tertiary/aromatic N) is 1. The van der Waals surface area contributed by atoms with E-state index in [2.05, 4.69) is 20.5 Å². The Balaban J connectivity index is 1.17. The lowest BCUT2D eigenvalue weighted by molar-refractivity contribution is -0.0594. The summed E-state index contributed by atoms with van der Waals surface area (Å²) in [4.78, 5) is 18.1. The maximum absolute atomic E-state index is 12.5. The number of urea groups is 1. The van der Waals surface area contributed by atoms with Crippen LogP contribution in [0.4, 0.5) is 10.5 Å². The van der Waals surface area contributed by atoms with E-state index in [1.807, 2.05) is 18.2 Å². The van der Waals surface area contributed by atoms with E-state index in [0.717, 1.165) is 81.4 Å². The first-order valence-electron chi connectivity index (χ1n) is 11.3. The third kappa shape index (κ3) is 6.13. The molecule has 0 unspecified atom stereocenters. The number of amides is 2. The smallest absolute Gasteiger partial charge is 0.319 e. The van der Waals surface area contributed by atoms with Gasteiger partial charge in [-0.25, -0.2) is 4.79 Å². The van der Waals surface area contributed by atoms with Crippen molar-refractivity contribution in [2.45, 2.75) is 56.8 Å². The molecule has 31 heavy (non-hydrogen) atoms. The van der Waals surface area contributed by atoms with Gasteiger partial charge in [-0.15, -0.1) is 0 Å². The van der Waals surface area contributed by atoms with Gasteiger partial charge in [0.25, 0.3) is 0 Å². The molecule has 0 spiro atoms. The number of aromatic nitrogens is 1. The maximum atomic E-state index is 12.5. The van der Waals surface area contributed by atoms with E-state index >= 15 is 0 Å². The molecular formula is C23H33ClN4O3. The minimum atomic E-state index is -0.173. The molecule has 2 amide bonds. The Labute approximate surface area is 188 Å². The van der Waals surface area contributed by atoms with Crippen molar-refractivity contribution in [1.29, 1.82) is 0 Å². The number of fused-ring (bicyclic) bond motifs is 1. The van der Waals surface area contributed by atoms with Gasteiger partial charge in [-0.2, -0.15) is 0 Å². The summed E-state index contributed by atoms with van der Waals surface area (Å²) in [6.07, 6.45) is 8.56. The number of rotatable bonds is 7. The summed E-state index contributed by atoms with van der Waals surface area (Å²) < 4.78 is 11.5. The molecular weight excluding hydrogens is 416 g/mol. The zero-order valence-electron chi connectivity index (χ0n) is 18.2. The average molecular weight is 449 g/mol. The van der Waals surface area contributed by atoms with E-state index in [0.29, 0.717) is 17.2 Å². The summed E-state index contributed by atoms with van der Waals surface area (Å²) >= 11 is 6.09. The van der Waals surface area contributed by atoms with Crippen molar-refractivity contribution in [3.05, 3.63) is 29.4 Å². The molecule has 4 rings (SSSR count). The second-order valence-corrected chi connectivity index (χ2v) is 9.07. The molecule has 1 aromatic heterocycles. The Bertz CT molecular complexity index is 858. The number of likely N-dealkylation sites (tertiary alicyclic amines) is 1. The standard InChI is InChI=1S/C23H33ClN4O3/c1-30-13-12-28-10-8-19(9-11-28)31-18-5-3-17(4-6-18)26-23(29)27-22-15-25-21-7-2-16(24)14-20(21)22/h2,7,14-15,17-19,25H,3-6,8-13H2,1H3,(H2,26,27,29). The van der Waals surface area contributed by atoms with Gasteiger partial charge < -0.3 is 30.0 Å². The third-order valence-electron chi connectivity index (χ3n) is 6.43. The number of hydrogen-bond acceptors (Lipinski definition) is 4. The van der Waals surface area contributed by atoms with Crippen molar-refractivity contribution < 1.29 is 14.3 Å². The fourth-order valence-electron chi connectivity index (χ4n) is 4.64. The molecule has 1 aliphatic heterocycles. The number of H-pyrrole nitrogens is 1. The first-order chi connectivity index (χ1) is 15.1. The van der Waals surface area contributed by atoms with Crippen LogP contribution in [0.5, 0.6) is 0 Å². The van der Waals surface area contributed by atoms with Crippen LogP contribution in [0.2, 0.25) is 5.02 Å². The van der Waals surface area contributed by atoms with Crippen LogP contribution in [0, 0.1) is 0 Å². The number of aromatic amines is 1. The maximum Gasteiger partial charge on any atom is 0.319 e. The first kappa shape index (κ1) is 22.4. The Kier molecular flexibility index (Phi) is 7.72. The number of halogens is 1. The number of piperidine rings is 1. The molecule has 1 aliphatic carbocycles. The molecule has 2 heterocycles. The molecule has 2 fully saturated rings. The minimum absolute atomic E-state index is 0.173. The van der Waals surface area contributed by atoms with Gasteiger partial charge in [-0.1, -0.05) is 11.6 Å². The highest BCUT2D eigenvalue weighted by Gasteiger charge is 2.27. The summed E-state index contributed by atoms with van der Waals surface area (Å²) in [5.74, 6) is 0. The lowest BCUT2D eigenvalue weighted by atomic mass is 9.92. The summed E-state index contributed by atoms with van der Waals surface area (Å²) in [7, 11) is 1.75. The van der Waals surface area contributed by atoms with Crippen LogP contribution < -0.4 is 10.6 Å². The number of methoxy groups -OCH3 is 1. The Morgan fingerprint density at radius 3 is 2.65 bits per heavy atom. The van der Waals surface area contributed by atoms with Crippen LogP contribution >= 0.6 is 11.6 Å². The summed E-state index contributed by atoms with van der Waals surface area (Å²) in [6, 6.07) is 5.60. The van der Waals surface area contributed by atoms with Gasteiger partial charge in [0.1, 0.15) is 0 Å². The van der Waals surface area contributed by atoms with Crippen molar-refractivity contribution in [3.8, 4) is 0 Å². The molecule has 7 nitrogen and oxygen atoms in total. The summed E-state index contributed by atoms with van der Waals surface area (Å²) in [5.41, 5.74) is 1.69. The van der Waals surface area contributed by atoms with Gasteiger partial charge in [0, 0.05) is 54.9 Å². The molecule has 2 aliphatic rings. The van der Waals surface area contributed by atoms with Crippen molar-refractivity contribution >= 4 is 34.2 Å². The molecule has 8 heteroatoms. The highest BCUT2D eigenvalue weighted by atomic mass is 35.5. The van der Waals surface area contributed by atoms with Gasteiger partial charge in [-0.3, -0.25) is 0 Å². The number of carbonyl (C=O) groups excluding carboxylic acids is 1. The van der Waals surface area contributed by atoms with Gasteiger partial charge in [-0.05, 0) is 56.7 Å². The van der Waals surface area contributed by atoms with Gasteiger partial charge in [0.05, 0.1) is 24.5 Å².